The highest BCUT2D eigenvalue weighted by atomic mass is 32.2. The number of thioether (sulfide) groups is 1. The topological polar surface area (TPSA) is 161 Å². The second-order valence-electron chi connectivity index (χ2n) is 15.3. The number of hydrogen-bond donors (Lipinski definition) is 1. The summed E-state index contributed by atoms with van der Waals surface area (Å²) in [6.07, 6.45) is 2.69. The van der Waals surface area contributed by atoms with Gasteiger partial charge in [0.1, 0.15) is 4.90 Å². The van der Waals surface area contributed by atoms with Crippen molar-refractivity contribution < 1.29 is 41.8 Å². The van der Waals surface area contributed by atoms with E-state index in [1.807, 2.05) is 39.0 Å². The van der Waals surface area contributed by atoms with Crippen LogP contribution in [-0.2, 0) is 44.0 Å². The molecule has 3 amide bonds. The fourth-order valence-electron chi connectivity index (χ4n) is 5.90. The Morgan fingerprint density at radius 2 is 1.69 bits per heavy atom. The highest BCUT2D eigenvalue weighted by Crippen LogP contribution is 2.37. The summed E-state index contributed by atoms with van der Waals surface area (Å²) in [4.78, 5) is 59.4. The van der Waals surface area contributed by atoms with E-state index in [9.17, 15) is 27.6 Å². The number of sulfonamides is 1. The van der Waals surface area contributed by atoms with E-state index < -0.39 is 39.6 Å². The molecule has 1 unspecified atom stereocenters. The summed E-state index contributed by atoms with van der Waals surface area (Å²) in [5.41, 5.74) is -0.396. The molecular weight excluding hydrogens is 733 g/mol. The number of unbranched alkanes of at least 4 members (excludes halogenated alkanes) is 3. The number of carbonyl (C=O) groups is 4. The van der Waals surface area contributed by atoms with Gasteiger partial charge in [0.25, 0.3) is 21.8 Å². The fraction of sp³-hybridized carbons (Fsp3) is 0.564. The van der Waals surface area contributed by atoms with Gasteiger partial charge < -0.3 is 19.5 Å². The molecule has 2 heterocycles. The molecule has 0 saturated carbocycles. The van der Waals surface area contributed by atoms with E-state index in [0.717, 1.165) is 46.2 Å². The molecule has 0 bridgehead atoms. The van der Waals surface area contributed by atoms with Crippen molar-refractivity contribution in [3.63, 3.8) is 0 Å². The van der Waals surface area contributed by atoms with Gasteiger partial charge in [-0.25, -0.2) is 23.1 Å². The Hall–Kier alpha value is -3.95. The number of hydrogen-bond acceptors (Lipinski definition) is 11. The number of imide groups is 1. The molecule has 13 nitrogen and oxygen atoms in total. The number of nitrogens with zero attached hydrogens (tertiary/aromatic N) is 3. The molecule has 2 aromatic rings. The van der Waals surface area contributed by atoms with E-state index in [1.54, 1.807) is 23.9 Å². The van der Waals surface area contributed by atoms with Crippen molar-refractivity contribution in [2.24, 2.45) is 10.9 Å². The Kier molecular flexibility index (Phi) is 14.4. The van der Waals surface area contributed by atoms with Crippen molar-refractivity contribution in [1.82, 2.24) is 9.21 Å². The zero-order valence-electron chi connectivity index (χ0n) is 32.6. The number of amides is 3. The SMILES string of the molecule is COC(=O)CCCCCCOCCCN1C(C(C(=O)Nc2cc(C(C)(C)C)ccc2SCC(C)C)N2C(=O)OC(C)(C)C2=O)=Nc2ccccc2S1(=O)=O. The number of methoxy groups -OCH3 is 1. The first-order chi connectivity index (χ1) is 25.4. The molecule has 0 aromatic heterocycles. The molecule has 1 atom stereocenters. The molecule has 15 heteroatoms. The van der Waals surface area contributed by atoms with Crippen LogP contribution in [0.25, 0.3) is 0 Å². The standard InChI is InChI=1S/C39H54N4O9S2/c1-26(2)25-53-30-20-19-27(38(3,4)5)24-29(30)41-35(45)33(43-36(46)39(6,7)52-37(43)47)34-40-28-16-12-13-17-31(28)54(48,49)42(34)21-15-23-51-22-14-10-9-11-18-32(44)50-8/h12-13,16-17,19-20,24,26,33H,9-11,14-15,18,21-23,25H2,1-8H3,(H,41,45). The Balaban J connectivity index is 1.68. The number of carbonyl (C=O) groups excluding carboxylic acids is 4. The average Bonchev–Trinajstić information content (AvgIpc) is 3.30. The normalized spacial score (nSPS) is 16.9. The van der Waals surface area contributed by atoms with Gasteiger partial charge in [0.15, 0.2) is 17.5 Å². The van der Waals surface area contributed by atoms with Gasteiger partial charge in [-0.2, -0.15) is 0 Å². The lowest BCUT2D eigenvalue weighted by Crippen LogP contribution is -2.59. The van der Waals surface area contributed by atoms with Crippen LogP contribution in [0, 0.1) is 5.92 Å². The average molecular weight is 787 g/mol. The Morgan fingerprint density at radius 1 is 1.00 bits per heavy atom. The summed E-state index contributed by atoms with van der Waals surface area (Å²) in [7, 11) is -2.95. The number of aliphatic imine (C=N–C) groups is 1. The smallest absolute Gasteiger partial charge is 0.418 e. The maximum Gasteiger partial charge on any atom is 0.418 e. The van der Waals surface area contributed by atoms with E-state index in [2.05, 4.69) is 28.9 Å². The summed E-state index contributed by atoms with van der Waals surface area (Å²) in [6, 6.07) is 10.1. The number of para-hydroxylation sites is 1. The number of cyclic esters (lactones) is 1. The van der Waals surface area contributed by atoms with Gasteiger partial charge >= 0.3 is 12.1 Å². The number of ether oxygens (including phenoxy) is 3. The molecule has 1 saturated heterocycles. The minimum atomic E-state index is -4.31. The van der Waals surface area contributed by atoms with Gasteiger partial charge in [-0.3, -0.25) is 18.7 Å². The number of benzene rings is 2. The van der Waals surface area contributed by atoms with E-state index in [-0.39, 0.29) is 47.4 Å². The highest BCUT2D eigenvalue weighted by molar-refractivity contribution is 7.99. The second kappa shape index (κ2) is 18.1. The van der Waals surface area contributed by atoms with Gasteiger partial charge in [-0.05, 0) is 74.3 Å². The van der Waals surface area contributed by atoms with Gasteiger partial charge in [0.05, 0.1) is 18.5 Å². The molecule has 0 radical (unpaired) electrons. The summed E-state index contributed by atoms with van der Waals surface area (Å²) in [6.45, 7) is 13.7. The minimum Gasteiger partial charge on any atom is -0.469 e. The molecule has 1 N–H and O–H groups in total. The molecular formula is C39H54N4O9S2. The third-order valence-corrected chi connectivity index (χ3v) is 12.3. The molecule has 2 aromatic carbocycles. The number of fused-ring (bicyclic) bond motifs is 1. The highest BCUT2D eigenvalue weighted by Gasteiger charge is 2.55. The molecule has 296 valence electrons. The lowest BCUT2D eigenvalue weighted by atomic mass is 9.87. The van der Waals surface area contributed by atoms with Crippen molar-refractivity contribution in [2.75, 3.05) is 37.9 Å². The summed E-state index contributed by atoms with van der Waals surface area (Å²) < 4.78 is 45.5. The van der Waals surface area contributed by atoms with Gasteiger partial charge in [-0.1, -0.05) is 65.7 Å². The van der Waals surface area contributed by atoms with Crippen molar-refractivity contribution in [1.29, 1.82) is 0 Å². The molecule has 2 aliphatic heterocycles. The summed E-state index contributed by atoms with van der Waals surface area (Å²) >= 11 is 1.56. The first-order valence-electron chi connectivity index (χ1n) is 18.4. The zero-order chi connectivity index (χ0) is 39.8. The number of esters is 1. The van der Waals surface area contributed by atoms with Gasteiger partial charge in [0, 0.05) is 36.8 Å². The Bertz CT molecular complexity index is 1840. The predicted octanol–water partition coefficient (Wildman–Crippen LogP) is 7.06. The lowest BCUT2D eigenvalue weighted by Gasteiger charge is -2.35. The van der Waals surface area contributed by atoms with E-state index in [4.69, 9.17) is 9.47 Å². The molecule has 0 spiro atoms. The van der Waals surface area contributed by atoms with Crippen molar-refractivity contribution in [3.8, 4) is 0 Å². The van der Waals surface area contributed by atoms with Crippen LogP contribution in [0.3, 0.4) is 0 Å². The van der Waals surface area contributed by atoms with Crippen molar-refractivity contribution in [2.45, 2.75) is 114 Å². The van der Waals surface area contributed by atoms with Crippen LogP contribution in [-0.4, -0.2) is 91.6 Å². The zero-order valence-corrected chi connectivity index (χ0v) is 34.2. The van der Waals surface area contributed by atoms with E-state index in [1.165, 1.54) is 33.1 Å². The van der Waals surface area contributed by atoms with Gasteiger partial charge in [0.2, 0.25) is 0 Å². The largest absolute Gasteiger partial charge is 0.469 e. The quantitative estimate of drug-likeness (QED) is 0.0941. The van der Waals surface area contributed by atoms with E-state index in [0.29, 0.717) is 29.5 Å². The van der Waals surface area contributed by atoms with Gasteiger partial charge in [-0.15, -0.1) is 11.8 Å². The first kappa shape index (κ1) is 42.8. The fourth-order valence-corrected chi connectivity index (χ4v) is 8.46. The van der Waals surface area contributed by atoms with Crippen LogP contribution in [0.5, 0.6) is 0 Å². The number of anilines is 1. The predicted molar refractivity (Wildman–Crippen MR) is 208 cm³/mol. The monoisotopic (exact) mass is 786 g/mol. The first-order valence-corrected chi connectivity index (χ1v) is 20.8. The molecule has 1 fully saturated rings. The van der Waals surface area contributed by atoms with Crippen LogP contribution in [0.1, 0.15) is 92.6 Å². The summed E-state index contributed by atoms with van der Waals surface area (Å²) in [5, 5.41) is 2.96. The third-order valence-electron chi connectivity index (χ3n) is 8.92. The van der Waals surface area contributed by atoms with Crippen LogP contribution in [0.15, 0.2) is 57.2 Å². The van der Waals surface area contributed by atoms with Crippen LogP contribution in [0.2, 0.25) is 0 Å². The molecule has 54 heavy (non-hydrogen) atoms. The van der Waals surface area contributed by atoms with Crippen molar-refractivity contribution >= 4 is 62.9 Å². The number of amidine groups is 1. The van der Waals surface area contributed by atoms with Crippen LogP contribution in [0.4, 0.5) is 16.2 Å². The second-order valence-corrected chi connectivity index (χ2v) is 18.2. The van der Waals surface area contributed by atoms with Crippen LogP contribution < -0.4 is 5.32 Å². The van der Waals surface area contributed by atoms with Crippen LogP contribution >= 0.6 is 11.8 Å². The Labute approximate surface area is 323 Å². The molecule has 0 aliphatic carbocycles. The van der Waals surface area contributed by atoms with Crippen molar-refractivity contribution in [3.05, 3.63) is 48.0 Å². The Morgan fingerprint density at radius 3 is 2.33 bits per heavy atom. The number of rotatable bonds is 18. The molecule has 4 rings (SSSR count). The summed E-state index contributed by atoms with van der Waals surface area (Å²) in [5.74, 6) is -1.05. The molecule has 2 aliphatic rings. The lowest BCUT2D eigenvalue weighted by molar-refractivity contribution is -0.140. The maximum absolute atomic E-state index is 14.7. The number of nitrogens with one attached hydrogen (secondary N) is 1. The minimum absolute atomic E-state index is 0.0679. The third kappa shape index (κ3) is 10.4. The van der Waals surface area contributed by atoms with E-state index >= 15 is 0 Å². The maximum atomic E-state index is 14.7.